The van der Waals surface area contributed by atoms with Crippen molar-refractivity contribution in [1.82, 2.24) is 4.90 Å². The Hall–Kier alpha value is -1.10. The van der Waals surface area contributed by atoms with Gasteiger partial charge in [0.05, 0.1) is 0 Å². The number of rotatable bonds is 7. The topological polar surface area (TPSA) is 83.6 Å². The van der Waals surface area contributed by atoms with Crippen LogP contribution in [0.15, 0.2) is 0 Å². The second-order valence-corrected chi connectivity index (χ2v) is 7.31. The predicted octanol–water partition coefficient (Wildman–Crippen LogP) is 2.92. The molecule has 5 heteroatoms. The molecule has 5 nitrogen and oxygen atoms in total. The SMILES string of the molecule is N[C@@H](CCC(=O)N(CC(=O)O)C1CCCCC1)C1CCCCC1. The lowest BCUT2D eigenvalue weighted by Crippen LogP contribution is -2.45. The molecule has 0 radical (unpaired) electrons. The summed E-state index contributed by atoms with van der Waals surface area (Å²) in [6.45, 7) is -0.165. The van der Waals surface area contributed by atoms with Gasteiger partial charge in [0.2, 0.25) is 5.91 Å². The zero-order valence-corrected chi connectivity index (χ0v) is 14.2. The van der Waals surface area contributed by atoms with Crippen molar-refractivity contribution in [2.75, 3.05) is 6.54 Å². The van der Waals surface area contributed by atoms with E-state index in [1.165, 1.54) is 38.5 Å². The van der Waals surface area contributed by atoms with Gasteiger partial charge < -0.3 is 15.7 Å². The van der Waals surface area contributed by atoms with Crippen molar-refractivity contribution in [3.8, 4) is 0 Å². The lowest BCUT2D eigenvalue weighted by Gasteiger charge is -2.34. The van der Waals surface area contributed by atoms with E-state index < -0.39 is 5.97 Å². The Kier molecular flexibility index (Phi) is 7.34. The van der Waals surface area contributed by atoms with E-state index in [2.05, 4.69) is 0 Å². The summed E-state index contributed by atoms with van der Waals surface area (Å²) >= 11 is 0. The zero-order chi connectivity index (χ0) is 16.7. The molecule has 0 aromatic heterocycles. The van der Waals surface area contributed by atoms with Crippen molar-refractivity contribution in [1.29, 1.82) is 0 Å². The number of hydrogen-bond acceptors (Lipinski definition) is 3. The van der Waals surface area contributed by atoms with E-state index in [1.807, 2.05) is 0 Å². The number of carboxylic acid groups (broad SMARTS) is 1. The van der Waals surface area contributed by atoms with Crippen molar-refractivity contribution >= 4 is 11.9 Å². The third-order valence-electron chi connectivity index (χ3n) is 5.59. The van der Waals surface area contributed by atoms with Gasteiger partial charge in [-0.3, -0.25) is 9.59 Å². The number of hydrogen-bond donors (Lipinski definition) is 2. The molecule has 23 heavy (non-hydrogen) atoms. The second-order valence-electron chi connectivity index (χ2n) is 7.31. The van der Waals surface area contributed by atoms with Crippen molar-refractivity contribution in [3.63, 3.8) is 0 Å². The summed E-state index contributed by atoms with van der Waals surface area (Å²) in [4.78, 5) is 25.3. The smallest absolute Gasteiger partial charge is 0.323 e. The molecular weight excluding hydrogens is 292 g/mol. The Morgan fingerprint density at radius 3 is 2.13 bits per heavy atom. The zero-order valence-electron chi connectivity index (χ0n) is 14.2. The van der Waals surface area contributed by atoms with Gasteiger partial charge in [-0.25, -0.2) is 0 Å². The monoisotopic (exact) mass is 324 g/mol. The van der Waals surface area contributed by atoms with Crippen LogP contribution in [0.2, 0.25) is 0 Å². The first-order valence-corrected chi connectivity index (χ1v) is 9.34. The molecule has 2 fully saturated rings. The standard InChI is InChI=1S/C18H32N2O3/c19-16(14-7-3-1-4-8-14)11-12-17(21)20(13-18(22)23)15-9-5-2-6-10-15/h14-16H,1-13,19H2,(H,22,23)/t16-/m0/s1. The van der Waals surface area contributed by atoms with Crippen LogP contribution in [0, 0.1) is 5.92 Å². The van der Waals surface area contributed by atoms with Crippen LogP contribution in [0.3, 0.4) is 0 Å². The van der Waals surface area contributed by atoms with Gasteiger partial charge in [0, 0.05) is 18.5 Å². The highest BCUT2D eigenvalue weighted by molar-refractivity contribution is 5.81. The number of carbonyl (C=O) groups is 2. The van der Waals surface area contributed by atoms with Gasteiger partial charge in [0.1, 0.15) is 6.54 Å². The van der Waals surface area contributed by atoms with Crippen molar-refractivity contribution in [2.24, 2.45) is 11.7 Å². The van der Waals surface area contributed by atoms with Crippen LogP contribution in [0.5, 0.6) is 0 Å². The van der Waals surface area contributed by atoms with Gasteiger partial charge in [-0.1, -0.05) is 38.5 Å². The molecule has 0 saturated heterocycles. The van der Waals surface area contributed by atoms with E-state index in [4.69, 9.17) is 10.8 Å². The number of nitrogens with two attached hydrogens (primary N) is 1. The molecule has 0 aromatic rings. The van der Waals surface area contributed by atoms with E-state index in [9.17, 15) is 9.59 Å². The van der Waals surface area contributed by atoms with E-state index in [-0.39, 0.29) is 24.5 Å². The van der Waals surface area contributed by atoms with Crippen LogP contribution in [-0.2, 0) is 9.59 Å². The minimum atomic E-state index is -0.916. The van der Waals surface area contributed by atoms with Crippen LogP contribution < -0.4 is 5.73 Å². The fourth-order valence-electron chi connectivity index (χ4n) is 4.19. The molecule has 1 amide bonds. The summed E-state index contributed by atoms with van der Waals surface area (Å²) in [5, 5.41) is 9.13. The van der Waals surface area contributed by atoms with E-state index in [0.717, 1.165) is 25.7 Å². The molecule has 0 aliphatic heterocycles. The van der Waals surface area contributed by atoms with Gasteiger partial charge in [-0.15, -0.1) is 0 Å². The number of carboxylic acids is 1. The van der Waals surface area contributed by atoms with Crippen molar-refractivity contribution in [2.45, 2.75) is 89.1 Å². The van der Waals surface area contributed by atoms with Crippen LogP contribution in [0.25, 0.3) is 0 Å². The first-order valence-electron chi connectivity index (χ1n) is 9.34. The van der Waals surface area contributed by atoms with E-state index in [1.54, 1.807) is 4.90 Å². The van der Waals surface area contributed by atoms with Gasteiger partial charge in [0.25, 0.3) is 0 Å². The highest BCUT2D eigenvalue weighted by Gasteiger charge is 2.28. The molecule has 2 aliphatic carbocycles. The van der Waals surface area contributed by atoms with Gasteiger partial charge >= 0.3 is 5.97 Å². The predicted molar refractivity (Wildman–Crippen MR) is 90.0 cm³/mol. The minimum absolute atomic E-state index is 0.0226. The molecule has 132 valence electrons. The Labute approximate surface area is 139 Å². The van der Waals surface area contributed by atoms with E-state index >= 15 is 0 Å². The maximum Gasteiger partial charge on any atom is 0.323 e. The number of amides is 1. The summed E-state index contributed by atoms with van der Waals surface area (Å²) in [7, 11) is 0. The van der Waals surface area contributed by atoms with Gasteiger partial charge in [0.15, 0.2) is 0 Å². The quantitative estimate of drug-likeness (QED) is 0.754. The minimum Gasteiger partial charge on any atom is -0.480 e. The fraction of sp³-hybridized carbons (Fsp3) is 0.889. The Morgan fingerprint density at radius 2 is 1.57 bits per heavy atom. The lowest BCUT2D eigenvalue weighted by molar-refractivity contribution is -0.146. The maximum absolute atomic E-state index is 12.6. The summed E-state index contributed by atoms with van der Waals surface area (Å²) in [5.74, 6) is -0.398. The average molecular weight is 324 g/mol. The summed E-state index contributed by atoms with van der Waals surface area (Å²) in [6.07, 6.45) is 12.5. The number of nitrogens with zero attached hydrogens (tertiary/aromatic N) is 1. The van der Waals surface area contributed by atoms with Crippen molar-refractivity contribution in [3.05, 3.63) is 0 Å². The Balaban J connectivity index is 1.84. The lowest BCUT2D eigenvalue weighted by atomic mass is 9.82. The molecule has 0 spiro atoms. The molecule has 0 aromatic carbocycles. The van der Waals surface area contributed by atoms with Crippen LogP contribution >= 0.6 is 0 Å². The summed E-state index contributed by atoms with van der Waals surface area (Å²) < 4.78 is 0. The molecule has 0 heterocycles. The first-order chi connectivity index (χ1) is 11.1. The average Bonchev–Trinajstić information content (AvgIpc) is 2.58. The fourth-order valence-corrected chi connectivity index (χ4v) is 4.19. The molecular formula is C18H32N2O3. The molecule has 2 saturated carbocycles. The maximum atomic E-state index is 12.6. The third-order valence-corrected chi connectivity index (χ3v) is 5.59. The first kappa shape index (κ1) is 18.2. The van der Waals surface area contributed by atoms with Crippen LogP contribution in [0.4, 0.5) is 0 Å². The molecule has 1 atom stereocenters. The number of aliphatic carboxylic acids is 1. The molecule has 3 N–H and O–H groups in total. The molecule has 0 bridgehead atoms. The highest BCUT2D eigenvalue weighted by atomic mass is 16.4. The van der Waals surface area contributed by atoms with Crippen LogP contribution in [0.1, 0.15) is 77.0 Å². The molecule has 2 rings (SSSR count). The number of carbonyl (C=O) groups excluding carboxylic acids is 1. The molecule has 2 aliphatic rings. The largest absolute Gasteiger partial charge is 0.480 e. The summed E-state index contributed by atoms with van der Waals surface area (Å²) in [6, 6.07) is 0.190. The van der Waals surface area contributed by atoms with Crippen molar-refractivity contribution < 1.29 is 14.7 Å². The van der Waals surface area contributed by atoms with E-state index in [0.29, 0.717) is 18.8 Å². The van der Waals surface area contributed by atoms with Gasteiger partial charge in [-0.2, -0.15) is 0 Å². The highest BCUT2D eigenvalue weighted by Crippen LogP contribution is 2.28. The second kappa shape index (κ2) is 9.26. The normalized spacial score (nSPS) is 21.8. The summed E-state index contributed by atoms with van der Waals surface area (Å²) in [5.41, 5.74) is 6.29. The Bertz CT molecular complexity index is 388. The third kappa shape index (κ3) is 5.79. The van der Waals surface area contributed by atoms with Gasteiger partial charge in [-0.05, 0) is 38.0 Å². The molecule has 0 unspecified atom stereocenters. The van der Waals surface area contributed by atoms with Crippen LogP contribution in [-0.4, -0.2) is 40.5 Å². The Morgan fingerprint density at radius 1 is 1.00 bits per heavy atom.